The van der Waals surface area contributed by atoms with Crippen LogP contribution < -0.4 is 9.64 Å². The molecule has 1 aliphatic rings. The Bertz CT molecular complexity index is 516. The van der Waals surface area contributed by atoms with Gasteiger partial charge in [0, 0.05) is 13.7 Å². The molecule has 0 radical (unpaired) electrons. The summed E-state index contributed by atoms with van der Waals surface area (Å²) in [5.74, 6) is 0.858. The standard InChI is InChI=1S/C17H25NO4/c1-13-6-7-15(21-3)17-14(13)5-4-9-18(17)16(19)8-10-22-12-11-20-2/h6-7H,4-5,8-12H2,1-3H3. The third kappa shape index (κ3) is 3.78. The first kappa shape index (κ1) is 16.8. The summed E-state index contributed by atoms with van der Waals surface area (Å²) >= 11 is 0. The Kier molecular flexibility index (Phi) is 6.21. The molecule has 0 unspecified atom stereocenters. The molecule has 1 aromatic carbocycles. The first-order valence-corrected chi connectivity index (χ1v) is 7.72. The summed E-state index contributed by atoms with van der Waals surface area (Å²) in [6.45, 7) is 4.31. The van der Waals surface area contributed by atoms with Crippen molar-refractivity contribution in [2.75, 3.05) is 45.5 Å². The molecule has 1 aromatic rings. The maximum Gasteiger partial charge on any atom is 0.229 e. The number of anilines is 1. The molecule has 1 amide bonds. The van der Waals surface area contributed by atoms with E-state index < -0.39 is 0 Å². The van der Waals surface area contributed by atoms with Gasteiger partial charge in [-0.05, 0) is 37.0 Å². The minimum atomic E-state index is 0.0854. The summed E-state index contributed by atoms with van der Waals surface area (Å²) in [5.41, 5.74) is 3.37. The van der Waals surface area contributed by atoms with Gasteiger partial charge in [0.2, 0.25) is 5.91 Å². The molecule has 0 N–H and O–H groups in total. The first-order chi connectivity index (χ1) is 10.7. The van der Waals surface area contributed by atoms with Crippen molar-refractivity contribution in [1.82, 2.24) is 0 Å². The smallest absolute Gasteiger partial charge is 0.229 e. The van der Waals surface area contributed by atoms with E-state index in [0.717, 1.165) is 30.8 Å². The van der Waals surface area contributed by atoms with Gasteiger partial charge >= 0.3 is 0 Å². The van der Waals surface area contributed by atoms with Crippen LogP contribution in [0.15, 0.2) is 12.1 Å². The SMILES string of the molecule is COCCOCCC(=O)N1CCCc2c(C)ccc(OC)c21. The second-order valence-electron chi connectivity index (χ2n) is 5.42. The molecular weight excluding hydrogens is 282 g/mol. The number of carbonyl (C=O) groups excluding carboxylic acids is 1. The van der Waals surface area contributed by atoms with Crippen molar-refractivity contribution in [2.45, 2.75) is 26.2 Å². The Balaban J connectivity index is 2.08. The van der Waals surface area contributed by atoms with Crippen molar-refractivity contribution in [3.63, 3.8) is 0 Å². The fourth-order valence-electron chi connectivity index (χ4n) is 2.81. The van der Waals surface area contributed by atoms with Gasteiger partial charge in [0.05, 0.1) is 39.0 Å². The number of ether oxygens (including phenoxy) is 3. The van der Waals surface area contributed by atoms with Crippen molar-refractivity contribution < 1.29 is 19.0 Å². The maximum atomic E-state index is 12.5. The second-order valence-corrected chi connectivity index (χ2v) is 5.42. The largest absolute Gasteiger partial charge is 0.495 e. The molecule has 0 saturated heterocycles. The van der Waals surface area contributed by atoms with E-state index in [4.69, 9.17) is 14.2 Å². The van der Waals surface area contributed by atoms with Crippen LogP contribution in [0.3, 0.4) is 0 Å². The predicted octanol–water partition coefficient (Wildman–Crippen LogP) is 2.34. The lowest BCUT2D eigenvalue weighted by Crippen LogP contribution is -2.36. The van der Waals surface area contributed by atoms with Crippen LogP contribution in [-0.4, -0.2) is 46.5 Å². The first-order valence-electron chi connectivity index (χ1n) is 7.72. The van der Waals surface area contributed by atoms with Crippen LogP contribution in [0.2, 0.25) is 0 Å². The maximum absolute atomic E-state index is 12.5. The molecule has 1 aliphatic heterocycles. The average molecular weight is 307 g/mol. The van der Waals surface area contributed by atoms with Crippen molar-refractivity contribution in [3.05, 3.63) is 23.3 Å². The van der Waals surface area contributed by atoms with Crippen LogP contribution in [-0.2, 0) is 20.7 Å². The third-order valence-electron chi connectivity index (χ3n) is 3.97. The van der Waals surface area contributed by atoms with Crippen molar-refractivity contribution in [1.29, 1.82) is 0 Å². The lowest BCUT2D eigenvalue weighted by molar-refractivity contribution is -0.119. The lowest BCUT2D eigenvalue weighted by atomic mass is 9.96. The summed E-state index contributed by atoms with van der Waals surface area (Å²) in [4.78, 5) is 14.4. The lowest BCUT2D eigenvalue weighted by Gasteiger charge is -2.32. The number of hydrogen-bond donors (Lipinski definition) is 0. The molecule has 5 nitrogen and oxygen atoms in total. The molecule has 0 aromatic heterocycles. The van der Waals surface area contributed by atoms with Gasteiger partial charge in [-0.25, -0.2) is 0 Å². The van der Waals surface area contributed by atoms with Gasteiger partial charge in [0.1, 0.15) is 5.75 Å². The number of methoxy groups -OCH3 is 2. The molecule has 0 aliphatic carbocycles. The Labute approximate surface area is 132 Å². The van der Waals surface area contributed by atoms with E-state index in [1.807, 2.05) is 11.0 Å². The van der Waals surface area contributed by atoms with Gasteiger partial charge in [-0.1, -0.05) is 6.07 Å². The quantitative estimate of drug-likeness (QED) is 0.726. The molecule has 2 rings (SSSR count). The molecule has 0 fully saturated rings. The Hall–Kier alpha value is -1.59. The van der Waals surface area contributed by atoms with E-state index in [-0.39, 0.29) is 5.91 Å². The molecule has 5 heteroatoms. The number of aryl methyl sites for hydroxylation is 1. The van der Waals surface area contributed by atoms with Gasteiger partial charge in [-0.3, -0.25) is 4.79 Å². The Morgan fingerprint density at radius 2 is 2.05 bits per heavy atom. The zero-order chi connectivity index (χ0) is 15.9. The normalized spacial score (nSPS) is 13.9. The summed E-state index contributed by atoms with van der Waals surface area (Å²) in [6.07, 6.45) is 2.35. The van der Waals surface area contributed by atoms with Crippen LogP contribution >= 0.6 is 0 Å². The minimum Gasteiger partial charge on any atom is -0.495 e. The monoisotopic (exact) mass is 307 g/mol. The van der Waals surface area contributed by atoms with Gasteiger partial charge in [0.25, 0.3) is 0 Å². The van der Waals surface area contributed by atoms with E-state index in [1.165, 1.54) is 11.1 Å². The summed E-state index contributed by atoms with van der Waals surface area (Å²) < 4.78 is 15.8. The molecule has 22 heavy (non-hydrogen) atoms. The number of carbonyl (C=O) groups is 1. The molecule has 0 spiro atoms. The van der Waals surface area contributed by atoms with Crippen molar-refractivity contribution >= 4 is 11.6 Å². The zero-order valence-corrected chi connectivity index (χ0v) is 13.7. The van der Waals surface area contributed by atoms with Gasteiger partial charge < -0.3 is 19.1 Å². The van der Waals surface area contributed by atoms with Crippen LogP contribution in [0.25, 0.3) is 0 Å². The second kappa shape index (κ2) is 8.15. The highest BCUT2D eigenvalue weighted by Gasteiger charge is 2.26. The predicted molar refractivity (Wildman–Crippen MR) is 85.7 cm³/mol. The van der Waals surface area contributed by atoms with Crippen LogP contribution in [0, 0.1) is 6.92 Å². The Morgan fingerprint density at radius 3 is 2.77 bits per heavy atom. The summed E-state index contributed by atoms with van der Waals surface area (Å²) in [7, 11) is 3.28. The topological polar surface area (TPSA) is 48.0 Å². The number of fused-ring (bicyclic) bond motifs is 1. The highest BCUT2D eigenvalue weighted by molar-refractivity contribution is 5.96. The molecule has 0 bridgehead atoms. The van der Waals surface area contributed by atoms with Crippen molar-refractivity contribution in [2.24, 2.45) is 0 Å². The van der Waals surface area contributed by atoms with E-state index >= 15 is 0 Å². The number of benzene rings is 1. The third-order valence-corrected chi connectivity index (χ3v) is 3.97. The molecule has 1 heterocycles. The fourth-order valence-corrected chi connectivity index (χ4v) is 2.81. The molecule has 122 valence electrons. The van der Waals surface area contributed by atoms with E-state index in [1.54, 1.807) is 14.2 Å². The van der Waals surface area contributed by atoms with Crippen LogP contribution in [0.4, 0.5) is 5.69 Å². The average Bonchev–Trinajstić information content (AvgIpc) is 2.54. The summed E-state index contributed by atoms with van der Waals surface area (Å²) in [5, 5.41) is 0. The molecule has 0 saturated carbocycles. The minimum absolute atomic E-state index is 0.0854. The van der Waals surface area contributed by atoms with E-state index in [0.29, 0.717) is 26.2 Å². The number of rotatable bonds is 7. The van der Waals surface area contributed by atoms with Crippen molar-refractivity contribution in [3.8, 4) is 5.75 Å². The van der Waals surface area contributed by atoms with E-state index in [9.17, 15) is 4.79 Å². The van der Waals surface area contributed by atoms with Crippen LogP contribution in [0.1, 0.15) is 24.0 Å². The zero-order valence-electron chi connectivity index (χ0n) is 13.7. The van der Waals surface area contributed by atoms with Gasteiger partial charge in [-0.15, -0.1) is 0 Å². The van der Waals surface area contributed by atoms with Crippen LogP contribution in [0.5, 0.6) is 5.75 Å². The highest BCUT2D eigenvalue weighted by Crippen LogP contribution is 2.38. The number of amides is 1. The Morgan fingerprint density at radius 1 is 1.23 bits per heavy atom. The molecular formula is C17H25NO4. The van der Waals surface area contributed by atoms with Gasteiger partial charge in [0.15, 0.2) is 0 Å². The fraction of sp³-hybridized carbons (Fsp3) is 0.588. The summed E-state index contributed by atoms with van der Waals surface area (Å²) in [6, 6.07) is 3.99. The number of nitrogens with zero attached hydrogens (tertiary/aromatic N) is 1. The molecule has 0 atom stereocenters. The number of hydrogen-bond acceptors (Lipinski definition) is 4. The highest BCUT2D eigenvalue weighted by atomic mass is 16.5. The van der Waals surface area contributed by atoms with Gasteiger partial charge in [-0.2, -0.15) is 0 Å². The van der Waals surface area contributed by atoms with E-state index in [2.05, 4.69) is 13.0 Å².